The molecule has 0 atom stereocenters. The van der Waals surface area contributed by atoms with Crippen LogP contribution in [0, 0.1) is 17.5 Å². The van der Waals surface area contributed by atoms with E-state index in [9.17, 15) is 4.39 Å². The van der Waals surface area contributed by atoms with E-state index in [1.54, 1.807) is 6.07 Å². The molecule has 0 radical (unpaired) electrons. The highest BCUT2D eigenvalue weighted by Gasteiger charge is 2.11. The van der Waals surface area contributed by atoms with Crippen LogP contribution in [-0.4, -0.2) is 9.55 Å². The van der Waals surface area contributed by atoms with E-state index >= 15 is 0 Å². The quantitative estimate of drug-likeness (QED) is 0.627. The fourth-order valence-corrected chi connectivity index (χ4v) is 3.00. The standard InChI is InChI=1S/C14H10BrFN2S/c1-8-3-2-4-12-13(8)17-14(19)18(12)11-6-5-9(16)7-10(11)15/h2-7H,1H3,(H,17,19). The molecule has 0 spiro atoms. The van der Waals surface area contributed by atoms with Crippen molar-refractivity contribution in [1.29, 1.82) is 0 Å². The van der Waals surface area contributed by atoms with Gasteiger partial charge in [-0.05, 0) is 64.9 Å². The topological polar surface area (TPSA) is 20.7 Å². The first kappa shape index (κ1) is 12.6. The minimum absolute atomic E-state index is 0.279. The number of nitrogens with one attached hydrogen (secondary N) is 1. The number of benzene rings is 2. The van der Waals surface area contributed by atoms with E-state index in [0.29, 0.717) is 9.24 Å². The van der Waals surface area contributed by atoms with Crippen molar-refractivity contribution in [2.75, 3.05) is 0 Å². The van der Waals surface area contributed by atoms with Gasteiger partial charge in [-0.1, -0.05) is 12.1 Å². The second kappa shape index (κ2) is 4.58. The Labute approximate surface area is 123 Å². The molecular weight excluding hydrogens is 327 g/mol. The van der Waals surface area contributed by atoms with Crippen molar-refractivity contribution in [3.63, 3.8) is 0 Å². The van der Waals surface area contributed by atoms with Crippen LogP contribution in [0.3, 0.4) is 0 Å². The zero-order valence-electron chi connectivity index (χ0n) is 10.1. The van der Waals surface area contributed by atoms with Crippen LogP contribution in [0.15, 0.2) is 40.9 Å². The van der Waals surface area contributed by atoms with E-state index in [0.717, 1.165) is 22.3 Å². The van der Waals surface area contributed by atoms with E-state index in [1.807, 2.05) is 29.7 Å². The van der Waals surface area contributed by atoms with Crippen LogP contribution in [0.2, 0.25) is 0 Å². The Bertz CT molecular complexity index is 835. The van der Waals surface area contributed by atoms with Gasteiger partial charge in [-0.2, -0.15) is 0 Å². The molecule has 2 nitrogen and oxygen atoms in total. The molecule has 3 aromatic rings. The molecule has 96 valence electrons. The van der Waals surface area contributed by atoms with Crippen molar-refractivity contribution in [3.05, 3.63) is 57.0 Å². The molecule has 0 bridgehead atoms. The summed E-state index contributed by atoms with van der Waals surface area (Å²) in [6.45, 7) is 2.03. The van der Waals surface area contributed by atoms with Crippen LogP contribution >= 0.6 is 28.1 Å². The van der Waals surface area contributed by atoms with Gasteiger partial charge in [0.2, 0.25) is 0 Å². The van der Waals surface area contributed by atoms with Gasteiger partial charge in [0.15, 0.2) is 4.77 Å². The number of H-pyrrole nitrogens is 1. The lowest BCUT2D eigenvalue weighted by molar-refractivity contribution is 0.626. The number of imidazole rings is 1. The lowest BCUT2D eigenvalue weighted by Gasteiger charge is -2.07. The molecular formula is C14H10BrFN2S. The number of nitrogens with zero attached hydrogens (tertiary/aromatic N) is 1. The predicted octanol–water partition coefficient (Wildman–Crippen LogP) is 4.90. The minimum atomic E-state index is -0.279. The summed E-state index contributed by atoms with van der Waals surface area (Å²) in [5.41, 5.74) is 3.94. The molecule has 0 aliphatic carbocycles. The number of aromatic nitrogens is 2. The van der Waals surface area contributed by atoms with Crippen LogP contribution < -0.4 is 0 Å². The van der Waals surface area contributed by atoms with Crippen LogP contribution in [0.1, 0.15) is 5.56 Å². The van der Waals surface area contributed by atoms with Gasteiger partial charge in [0.25, 0.3) is 0 Å². The smallest absolute Gasteiger partial charge is 0.182 e. The summed E-state index contributed by atoms with van der Waals surface area (Å²) in [4.78, 5) is 3.20. The molecule has 2 aromatic carbocycles. The predicted molar refractivity (Wildman–Crippen MR) is 80.9 cm³/mol. The van der Waals surface area contributed by atoms with E-state index < -0.39 is 0 Å². The number of fused-ring (bicyclic) bond motifs is 1. The van der Waals surface area contributed by atoms with Crippen LogP contribution in [-0.2, 0) is 0 Å². The van der Waals surface area contributed by atoms with E-state index in [-0.39, 0.29) is 5.82 Å². The first-order valence-corrected chi connectivity index (χ1v) is 6.94. The summed E-state index contributed by atoms with van der Waals surface area (Å²) >= 11 is 8.77. The first-order chi connectivity index (χ1) is 9.08. The van der Waals surface area contributed by atoms with Crippen molar-refractivity contribution in [2.45, 2.75) is 6.92 Å². The summed E-state index contributed by atoms with van der Waals surface area (Å²) in [5.74, 6) is -0.279. The molecule has 0 aliphatic rings. The molecule has 0 aliphatic heterocycles. The average Bonchev–Trinajstić information content (AvgIpc) is 2.68. The Morgan fingerprint density at radius 3 is 2.79 bits per heavy atom. The molecule has 1 aromatic heterocycles. The van der Waals surface area contributed by atoms with Crippen molar-refractivity contribution in [2.24, 2.45) is 0 Å². The summed E-state index contributed by atoms with van der Waals surface area (Å²) in [6, 6.07) is 10.6. The fourth-order valence-electron chi connectivity index (χ4n) is 2.18. The Hall–Kier alpha value is -1.46. The van der Waals surface area contributed by atoms with Gasteiger partial charge < -0.3 is 4.98 Å². The molecule has 0 unspecified atom stereocenters. The maximum atomic E-state index is 13.2. The van der Waals surface area contributed by atoms with Crippen molar-refractivity contribution >= 4 is 39.2 Å². The molecule has 0 saturated carbocycles. The maximum absolute atomic E-state index is 13.2. The maximum Gasteiger partial charge on any atom is 0.182 e. The van der Waals surface area contributed by atoms with Gasteiger partial charge in [0.1, 0.15) is 5.82 Å². The highest BCUT2D eigenvalue weighted by molar-refractivity contribution is 9.10. The van der Waals surface area contributed by atoms with Gasteiger partial charge in [0.05, 0.1) is 16.7 Å². The molecule has 1 N–H and O–H groups in total. The molecule has 19 heavy (non-hydrogen) atoms. The summed E-state index contributed by atoms with van der Waals surface area (Å²) in [5, 5.41) is 0. The number of hydrogen-bond acceptors (Lipinski definition) is 1. The Kier molecular flexibility index (Phi) is 3.03. The Morgan fingerprint density at radius 1 is 1.26 bits per heavy atom. The number of rotatable bonds is 1. The number of para-hydroxylation sites is 1. The van der Waals surface area contributed by atoms with Gasteiger partial charge >= 0.3 is 0 Å². The van der Waals surface area contributed by atoms with Crippen LogP contribution in [0.4, 0.5) is 4.39 Å². The SMILES string of the molecule is Cc1cccc2c1[nH]c(=S)n2-c1ccc(F)cc1Br. The van der Waals surface area contributed by atoms with E-state index in [1.165, 1.54) is 12.1 Å². The number of hydrogen-bond donors (Lipinski definition) is 1. The third-order valence-corrected chi connectivity index (χ3v) is 4.00. The average molecular weight is 337 g/mol. The normalized spacial score (nSPS) is 11.1. The van der Waals surface area contributed by atoms with Crippen molar-refractivity contribution in [3.8, 4) is 5.69 Å². The second-order valence-corrected chi connectivity index (χ2v) is 5.57. The zero-order valence-corrected chi connectivity index (χ0v) is 12.5. The second-order valence-electron chi connectivity index (χ2n) is 4.33. The minimum Gasteiger partial charge on any atom is -0.330 e. The Balaban J connectivity index is 2.40. The molecule has 5 heteroatoms. The number of halogens is 2. The third-order valence-electron chi connectivity index (χ3n) is 3.08. The molecule has 3 rings (SSSR count). The van der Waals surface area contributed by atoms with Gasteiger partial charge in [-0.3, -0.25) is 4.57 Å². The first-order valence-electron chi connectivity index (χ1n) is 5.73. The molecule has 0 saturated heterocycles. The fraction of sp³-hybridized carbons (Fsp3) is 0.0714. The van der Waals surface area contributed by atoms with Crippen molar-refractivity contribution < 1.29 is 4.39 Å². The summed E-state index contributed by atoms with van der Waals surface area (Å²) in [6.07, 6.45) is 0. The largest absolute Gasteiger partial charge is 0.330 e. The lowest BCUT2D eigenvalue weighted by Crippen LogP contribution is -1.95. The zero-order chi connectivity index (χ0) is 13.6. The molecule has 1 heterocycles. The summed E-state index contributed by atoms with van der Waals surface area (Å²) < 4.78 is 16.4. The van der Waals surface area contributed by atoms with Gasteiger partial charge in [-0.25, -0.2) is 4.39 Å². The monoisotopic (exact) mass is 336 g/mol. The van der Waals surface area contributed by atoms with Crippen LogP contribution in [0.25, 0.3) is 16.7 Å². The van der Waals surface area contributed by atoms with E-state index in [4.69, 9.17) is 12.2 Å². The number of aryl methyl sites for hydroxylation is 1. The third kappa shape index (κ3) is 2.03. The number of aromatic amines is 1. The van der Waals surface area contributed by atoms with Gasteiger partial charge in [-0.15, -0.1) is 0 Å². The van der Waals surface area contributed by atoms with Gasteiger partial charge in [0, 0.05) is 4.47 Å². The highest BCUT2D eigenvalue weighted by atomic mass is 79.9. The van der Waals surface area contributed by atoms with Crippen LogP contribution in [0.5, 0.6) is 0 Å². The Morgan fingerprint density at radius 2 is 2.05 bits per heavy atom. The lowest BCUT2D eigenvalue weighted by atomic mass is 10.2. The van der Waals surface area contributed by atoms with Crippen molar-refractivity contribution in [1.82, 2.24) is 9.55 Å². The highest BCUT2D eigenvalue weighted by Crippen LogP contribution is 2.27. The molecule has 0 amide bonds. The van der Waals surface area contributed by atoms with E-state index in [2.05, 4.69) is 20.9 Å². The molecule has 0 fully saturated rings. The summed E-state index contributed by atoms with van der Waals surface area (Å²) in [7, 11) is 0.